The van der Waals surface area contributed by atoms with Gasteiger partial charge in [0, 0.05) is 16.2 Å². The Morgan fingerprint density at radius 3 is 2.64 bits per heavy atom. The molecule has 2 heterocycles. The van der Waals surface area contributed by atoms with Crippen LogP contribution in [0.1, 0.15) is 41.6 Å². The van der Waals surface area contributed by atoms with Crippen LogP contribution in [0.3, 0.4) is 0 Å². The molecule has 0 unspecified atom stereocenters. The number of thioether (sulfide) groups is 1. The third-order valence-corrected chi connectivity index (χ3v) is 4.21. The highest BCUT2D eigenvalue weighted by Crippen LogP contribution is 2.23. The minimum atomic E-state index is -0.481. The van der Waals surface area contributed by atoms with E-state index in [1.54, 1.807) is 6.92 Å². The molecule has 0 spiro atoms. The SMILES string of the molecule is Cc1cc(C(=O)Nc2nnc(Cc3ccc(SC(C)C)cc3)o2)on1. The monoisotopic (exact) mass is 358 g/mol. The van der Waals surface area contributed by atoms with Gasteiger partial charge < -0.3 is 8.94 Å². The summed E-state index contributed by atoms with van der Waals surface area (Å²) in [6, 6.07) is 9.77. The Balaban J connectivity index is 1.60. The largest absolute Gasteiger partial charge is 0.407 e. The van der Waals surface area contributed by atoms with Crippen LogP contribution >= 0.6 is 11.8 Å². The zero-order valence-electron chi connectivity index (χ0n) is 14.1. The minimum Gasteiger partial charge on any atom is -0.407 e. The molecule has 0 aliphatic carbocycles. The Hall–Kier alpha value is -2.61. The van der Waals surface area contributed by atoms with Crippen molar-refractivity contribution in [2.75, 3.05) is 5.32 Å². The van der Waals surface area contributed by atoms with Crippen molar-refractivity contribution in [2.24, 2.45) is 0 Å². The van der Waals surface area contributed by atoms with Gasteiger partial charge in [-0.3, -0.25) is 10.1 Å². The number of benzene rings is 1. The molecule has 0 aliphatic rings. The molecule has 0 aliphatic heterocycles. The lowest BCUT2D eigenvalue weighted by Gasteiger charge is -2.05. The molecule has 8 heteroatoms. The maximum atomic E-state index is 11.9. The molecule has 0 atom stereocenters. The van der Waals surface area contributed by atoms with Gasteiger partial charge in [0.25, 0.3) is 5.91 Å². The molecule has 0 fully saturated rings. The number of hydrogen-bond donors (Lipinski definition) is 1. The van der Waals surface area contributed by atoms with Gasteiger partial charge in [-0.1, -0.05) is 36.2 Å². The maximum Gasteiger partial charge on any atom is 0.322 e. The van der Waals surface area contributed by atoms with Gasteiger partial charge in [-0.2, -0.15) is 0 Å². The van der Waals surface area contributed by atoms with Crippen LogP contribution in [0.15, 0.2) is 44.2 Å². The standard InChI is InChI=1S/C17H18N4O3S/c1-10(2)25-13-6-4-12(5-7-13)9-15-19-20-17(23-15)18-16(22)14-8-11(3)21-24-14/h4-8,10H,9H2,1-3H3,(H,18,20,22). The first-order chi connectivity index (χ1) is 12.0. The molecule has 0 bridgehead atoms. The quantitative estimate of drug-likeness (QED) is 0.671. The van der Waals surface area contributed by atoms with Gasteiger partial charge >= 0.3 is 6.01 Å². The van der Waals surface area contributed by atoms with Gasteiger partial charge in [-0.05, 0) is 24.6 Å². The second kappa shape index (κ2) is 7.52. The van der Waals surface area contributed by atoms with E-state index in [4.69, 9.17) is 8.94 Å². The van der Waals surface area contributed by atoms with Crippen LogP contribution < -0.4 is 5.32 Å². The number of aromatic nitrogens is 3. The number of aryl methyl sites for hydroxylation is 1. The van der Waals surface area contributed by atoms with Gasteiger partial charge in [0.2, 0.25) is 11.7 Å². The molecule has 3 aromatic rings. The molecule has 25 heavy (non-hydrogen) atoms. The fourth-order valence-corrected chi connectivity index (χ4v) is 2.98. The van der Waals surface area contributed by atoms with Crippen molar-refractivity contribution < 1.29 is 13.7 Å². The molecule has 0 radical (unpaired) electrons. The third-order valence-electron chi connectivity index (χ3n) is 3.19. The fraction of sp³-hybridized carbons (Fsp3) is 0.294. The molecule has 7 nitrogen and oxygen atoms in total. The normalized spacial score (nSPS) is 11.0. The summed E-state index contributed by atoms with van der Waals surface area (Å²) in [6.45, 7) is 6.05. The Bertz CT molecular complexity index is 855. The Morgan fingerprint density at radius 2 is 2.00 bits per heavy atom. The minimum absolute atomic E-state index is 0.0287. The zero-order chi connectivity index (χ0) is 17.8. The second-order valence-corrected chi connectivity index (χ2v) is 7.42. The Morgan fingerprint density at radius 1 is 1.24 bits per heavy atom. The summed E-state index contributed by atoms with van der Waals surface area (Å²) >= 11 is 1.81. The summed E-state index contributed by atoms with van der Waals surface area (Å²) in [5.74, 6) is 0.0367. The van der Waals surface area contributed by atoms with Crippen LogP contribution in [0, 0.1) is 6.92 Å². The number of anilines is 1. The number of nitrogens with zero attached hydrogens (tertiary/aromatic N) is 3. The maximum absolute atomic E-state index is 11.9. The van der Waals surface area contributed by atoms with Crippen molar-refractivity contribution in [3.63, 3.8) is 0 Å². The van der Waals surface area contributed by atoms with Crippen molar-refractivity contribution in [1.29, 1.82) is 0 Å². The van der Waals surface area contributed by atoms with Gasteiger partial charge in [0.05, 0.1) is 12.1 Å². The third kappa shape index (κ3) is 4.69. The Kier molecular flexibility index (Phi) is 5.18. The van der Waals surface area contributed by atoms with E-state index in [0.717, 1.165) is 5.56 Å². The van der Waals surface area contributed by atoms with E-state index < -0.39 is 5.91 Å². The second-order valence-electron chi connectivity index (χ2n) is 5.77. The molecule has 1 aromatic carbocycles. The number of hydrogen-bond acceptors (Lipinski definition) is 7. The first-order valence-electron chi connectivity index (χ1n) is 7.82. The van der Waals surface area contributed by atoms with Crippen LogP contribution in [0.4, 0.5) is 6.01 Å². The first kappa shape index (κ1) is 17.2. The summed E-state index contributed by atoms with van der Waals surface area (Å²) in [4.78, 5) is 13.2. The molecule has 3 rings (SSSR count). The van der Waals surface area contributed by atoms with Crippen LogP contribution in [0.2, 0.25) is 0 Å². The van der Waals surface area contributed by atoms with Crippen molar-refractivity contribution in [3.8, 4) is 0 Å². The van der Waals surface area contributed by atoms with Gasteiger partial charge in [-0.15, -0.1) is 16.9 Å². The molecule has 0 saturated heterocycles. The number of carbonyl (C=O) groups is 1. The van der Waals surface area contributed by atoms with Gasteiger partial charge in [0.1, 0.15) is 0 Å². The van der Waals surface area contributed by atoms with Crippen molar-refractivity contribution >= 4 is 23.7 Å². The van der Waals surface area contributed by atoms with Gasteiger partial charge in [0.15, 0.2) is 0 Å². The highest BCUT2D eigenvalue weighted by molar-refractivity contribution is 7.99. The predicted molar refractivity (Wildman–Crippen MR) is 93.7 cm³/mol. The van der Waals surface area contributed by atoms with Crippen LogP contribution in [0.25, 0.3) is 0 Å². The van der Waals surface area contributed by atoms with E-state index in [9.17, 15) is 4.79 Å². The summed E-state index contributed by atoms with van der Waals surface area (Å²) in [5, 5.41) is 14.5. The lowest BCUT2D eigenvalue weighted by Crippen LogP contribution is -2.11. The van der Waals surface area contributed by atoms with E-state index in [0.29, 0.717) is 23.3 Å². The summed E-state index contributed by atoms with van der Waals surface area (Å²) in [5.41, 5.74) is 1.68. The lowest BCUT2D eigenvalue weighted by atomic mass is 10.1. The number of nitrogens with one attached hydrogen (secondary N) is 1. The van der Waals surface area contributed by atoms with Crippen molar-refractivity contribution in [3.05, 3.63) is 53.2 Å². The number of carbonyl (C=O) groups excluding carboxylic acids is 1. The van der Waals surface area contributed by atoms with E-state index in [-0.39, 0.29) is 11.8 Å². The van der Waals surface area contributed by atoms with E-state index in [1.165, 1.54) is 11.0 Å². The number of amides is 1. The van der Waals surface area contributed by atoms with E-state index >= 15 is 0 Å². The molecule has 130 valence electrons. The van der Waals surface area contributed by atoms with Crippen LogP contribution in [-0.4, -0.2) is 26.5 Å². The molecule has 0 saturated carbocycles. The van der Waals surface area contributed by atoms with Crippen molar-refractivity contribution in [2.45, 2.75) is 37.3 Å². The van der Waals surface area contributed by atoms with E-state index in [2.05, 4.69) is 46.7 Å². The summed E-state index contributed by atoms with van der Waals surface area (Å²) in [6.07, 6.45) is 0.497. The smallest absolute Gasteiger partial charge is 0.322 e. The summed E-state index contributed by atoms with van der Waals surface area (Å²) in [7, 11) is 0. The molecular weight excluding hydrogens is 340 g/mol. The number of rotatable bonds is 6. The average Bonchev–Trinajstić information content (AvgIpc) is 3.18. The molecular formula is C17H18N4O3S. The molecule has 1 N–H and O–H groups in total. The Labute approximate surface area is 149 Å². The highest BCUT2D eigenvalue weighted by atomic mass is 32.2. The van der Waals surface area contributed by atoms with Crippen LogP contribution in [-0.2, 0) is 6.42 Å². The topological polar surface area (TPSA) is 94.1 Å². The molecule has 1 amide bonds. The predicted octanol–water partition coefficient (Wildman–Crippen LogP) is 3.71. The van der Waals surface area contributed by atoms with Crippen molar-refractivity contribution in [1.82, 2.24) is 15.4 Å². The zero-order valence-corrected chi connectivity index (χ0v) is 15.0. The summed E-state index contributed by atoms with van der Waals surface area (Å²) < 4.78 is 10.3. The first-order valence-corrected chi connectivity index (χ1v) is 8.70. The molecule has 2 aromatic heterocycles. The lowest BCUT2D eigenvalue weighted by molar-refractivity contribution is 0.0985. The average molecular weight is 358 g/mol. The van der Waals surface area contributed by atoms with Gasteiger partial charge in [-0.25, -0.2) is 0 Å². The van der Waals surface area contributed by atoms with E-state index in [1.807, 2.05) is 23.9 Å². The van der Waals surface area contributed by atoms with Crippen LogP contribution in [0.5, 0.6) is 0 Å². The highest BCUT2D eigenvalue weighted by Gasteiger charge is 2.15. The fourth-order valence-electron chi connectivity index (χ4n) is 2.14.